The molecule has 0 amide bonds. The topological polar surface area (TPSA) is 0 Å². The van der Waals surface area contributed by atoms with Gasteiger partial charge in [0.2, 0.25) is 0 Å². The maximum absolute atomic E-state index is 4.01. The van der Waals surface area contributed by atoms with Gasteiger partial charge < -0.3 is 0 Å². The van der Waals surface area contributed by atoms with Crippen molar-refractivity contribution in [2.45, 2.75) is 68.4 Å². The van der Waals surface area contributed by atoms with Crippen LogP contribution in [0.5, 0.6) is 0 Å². The first-order valence-corrected chi connectivity index (χ1v) is 11.1. The first-order chi connectivity index (χ1) is 11.8. The fourth-order valence-corrected chi connectivity index (χ4v) is 4.65. The van der Waals surface area contributed by atoms with E-state index < -0.39 is 0 Å². The van der Waals surface area contributed by atoms with Gasteiger partial charge in [-0.3, -0.25) is 0 Å². The average molecular weight is 464 g/mol. The van der Waals surface area contributed by atoms with Gasteiger partial charge in [-0.1, -0.05) is 103 Å². The summed E-state index contributed by atoms with van der Waals surface area (Å²) in [5.41, 5.74) is 8.57. The van der Waals surface area contributed by atoms with Crippen LogP contribution in [0.25, 0.3) is 11.1 Å². The standard InChI is InChI=1S/C23H28Br2/c1-6-21(24)15-9-11-17-18-12-10-16(23(25,7-2)8-3)14-20(18)22(4,5)19(17)13-15/h9-14,21H,6-8H2,1-5H3. The zero-order chi connectivity index (χ0) is 18.4. The summed E-state index contributed by atoms with van der Waals surface area (Å²) in [7, 11) is 0. The fourth-order valence-electron chi connectivity index (χ4n) is 4.12. The maximum Gasteiger partial charge on any atom is 0.0500 e. The number of rotatable bonds is 5. The van der Waals surface area contributed by atoms with Crippen molar-refractivity contribution in [3.63, 3.8) is 0 Å². The van der Waals surface area contributed by atoms with E-state index in [0.29, 0.717) is 4.83 Å². The van der Waals surface area contributed by atoms with Gasteiger partial charge in [0.1, 0.15) is 0 Å². The van der Waals surface area contributed by atoms with Gasteiger partial charge in [-0.15, -0.1) is 0 Å². The summed E-state index contributed by atoms with van der Waals surface area (Å²) in [5, 5.41) is 0. The van der Waals surface area contributed by atoms with Crippen LogP contribution in [0, 0.1) is 0 Å². The monoisotopic (exact) mass is 462 g/mol. The molecule has 2 aromatic carbocycles. The van der Waals surface area contributed by atoms with Crippen LogP contribution in [0.4, 0.5) is 0 Å². The Hall–Kier alpha value is -0.600. The zero-order valence-electron chi connectivity index (χ0n) is 15.9. The maximum atomic E-state index is 4.01. The van der Waals surface area contributed by atoms with Crippen LogP contribution in [0.2, 0.25) is 0 Å². The van der Waals surface area contributed by atoms with E-state index in [2.05, 4.69) is 103 Å². The SMILES string of the molecule is CCC(Br)c1ccc2c(c1)C(C)(C)c1cc(C(Br)(CC)CC)ccc1-2. The molecule has 0 heterocycles. The summed E-state index contributed by atoms with van der Waals surface area (Å²) in [4.78, 5) is 0.434. The van der Waals surface area contributed by atoms with Crippen molar-refractivity contribution in [3.05, 3.63) is 58.7 Å². The number of benzene rings is 2. The van der Waals surface area contributed by atoms with E-state index in [0.717, 1.165) is 19.3 Å². The van der Waals surface area contributed by atoms with Gasteiger partial charge in [0, 0.05) is 10.2 Å². The minimum atomic E-state index is 0.0482. The molecule has 134 valence electrons. The molecule has 2 aromatic rings. The summed E-state index contributed by atoms with van der Waals surface area (Å²) < 4.78 is 0.0845. The molecule has 0 fully saturated rings. The smallest absolute Gasteiger partial charge is 0.0500 e. The van der Waals surface area contributed by atoms with Crippen LogP contribution in [-0.2, 0) is 9.74 Å². The van der Waals surface area contributed by atoms with Gasteiger partial charge in [-0.2, -0.15) is 0 Å². The molecule has 0 aromatic heterocycles. The van der Waals surface area contributed by atoms with Gasteiger partial charge in [0.15, 0.2) is 0 Å². The largest absolute Gasteiger partial charge is 0.0839 e. The molecular formula is C23H28Br2. The highest BCUT2D eigenvalue weighted by Gasteiger charge is 2.37. The molecule has 2 heteroatoms. The lowest BCUT2D eigenvalue weighted by atomic mass is 9.80. The van der Waals surface area contributed by atoms with Gasteiger partial charge in [-0.25, -0.2) is 0 Å². The van der Waals surface area contributed by atoms with Crippen LogP contribution in [0.15, 0.2) is 36.4 Å². The van der Waals surface area contributed by atoms with E-state index in [4.69, 9.17) is 0 Å². The summed E-state index contributed by atoms with van der Waals surface area (Å²) in [6, 6.07) is 14.1. The van der Waals surface area contributed by atoms with E-state index in [1.54, 1.807) is 0 Å². The Labute approximate surface area is 169 Å². The molecule has 3 rings (SSSR count). The number of hydrogen-bond donors (Lipinski definition) is 0. The van der Waals surface area contributed by atoms with Crippen molar-refractivity contribution in [1.29, 1.82) is 0 Å². The molecule has 1 aliphatic rings. The highest BCUT2D eigenvalue weighted by atomic mass is 79.9. The predicted molar refractivity (Wildman–Crippen MR) is 117 cm³/mol. The molecule has 0 saturated heterocycles. The van der Waals surface area contributed by atoms with E-state index >= 15 is 0 Å². The third-order valence-corrected chi connectivity index (χ3v) is 8.81. The minimum Gasteiger partial charge on any atom is -0.0839 e. The number of fused-ring (bicyclic) bond motifs is 3. The van der Waals surface area contributed by atoms with Crippen molar-refractivity contribution in [3.8, 4) is 11.1 Å². The molecule has 0 nitrogen and oxygen atoms in total. The van der Waals surface area contributed by atoms with Crippen molar-refractivity contribution in [2.24, 2.45) is 0 Å². The normalized spacial score (nSPS) is 16.4. The van der Waals surface area contributed by atoms with E-state index in [1.807, 2.05) is 0 Å². The minimum absolute atomic E-state index is 0.0482. The van der Waals surface area contributed by atoms with Crippen molar-refractivity contribution in [2.75, 3.05) is 0 Å². The Kier molecular flexibility index (Phi) is 5.25. The Bertz CT molecular complexity index is 785. The Morgan fingerprint density at radius 1 is 0.920 bits per heavy atom. The predicted octanol–water partition coefficient (Wildman–Crippen LogP) is 8.25. The third kappa shape index (κ3) is 3.04. The van der Waals surface area contributed by atoms with Crippen LogP contribution in [0.1, 0.15) is 81.0 Å². The molecule has 0 bridgehead atoms. The van der Waals surface area contributed by atoms with E-state index in [1.165, 1.54) is 33.4 Å². The first kappa shape index (κ1) is 19.2. The van der Waals surface area contributed by atoms with Gasteiger partial charge in [0.25, 0.3) is 0 Å². The molecule has 1 aliphatic carbocycles. The van der Waals surface area contributed by atoms with Gasteiger partial charge in [0.05, 0.1) is 4.32 Å². The van der Waals surface area contributed by atoms with Crippen LogP contribution in [0.3, 0.4) is 0 Å². The van der Waals surface area contributed by atoms with Gasteiger partial charge in [-0.05, 0) is 52.6 Å². The van der Waals surface area contributed by atoms with Crippen molar-refractivity contribution < 1.29 is 0 Å². The Balaban J connectivity index is 2.15. The molecule has 0 spiro atoms. The molecule has 1 atom stereocenters. The molecular weight excluding hydrogens is 436 g/mol. The third-order valence-electron chi connectivity index (χ3n) is 6.06. The van der Waals surface area contributed by atoms with Gasteiger partial charge >= 0.3 is 0 Å². The second kappa shape index (κ2) is 6.85. The van der Waals surface area contributed by atoms with E-state index in [-0.39, 0.29) is 9.74 Å². The van der Waals surface area contributed by atoms with Crippen LogP contribution in [-0.4, -0.2) is 0 Å². The van der Waals surface area contributed by atoms with E-state index in [9.17, 15) is 0 Å². The number of alkyl halides is 2. The summed E-state index contributed by atoms with van der Waals surface area (Å²) in [5.74, 6) is 0. The molecule has 25 heavy (non-hydrogen) atoms. The molecule has 1 unspecified atom stereocenters. The van der Waals surface area contributed by atoms with Crippen molar-refractivity contribution >= 4 is 31.9 Å². The quantitative estimate of drug-likeness (QED) is 0.391. The molecule has 0 saturated carbocycles. The lowest BCUT2D eigenvalue weighted by Gasteiger charge is -2.28. The lowest BCUT2D eigenvalue weighted by Crippen LogP contribution is -2.19. The second-order valence-corrected chi connectivity index (χ2v) is 10.4. The fraction of sp³-hybridized carbons (Fsp3) is 0.478. The first-order valence-electron chi connectivity index (χ1n) is 9.41. The molecule has 0 radical (unpaired) electrons. The summed E-state index contributed by atoms with van der Waals surface area (Å²) in [6.45, 7) is 11.5. The average Bonchev–Trinajstić information content (AvgIpc) is 2.87. The second-order valence-electron chi connectivity index (χ2n) is 7.74. The van der Waals surface area contributed by atoms with Crippen LogP contribution >= 0.6 is 31.9 Å². The summed E-state index contributed by atoms with van der Waals surface area (Å²) >= 11 is 7.82. The number of hydrogen-bond acceptors (Lipinski definition) is 0. The summed E-state index contributed by atoms with van der Waals surface area (Å²) in [6.07, 6.45) is 3.30. The molecule has 0 aliphatic heterocycles. The van der Waals surface area contributed by atoms with Crippen molar-refractivity contribution in [1.82, 2.24) is 0 Å². The van der Waals surface area contributed by atoms with Crippen LogP contribution < -0.4 is 0 Å². The zero-order valence-corrected chi connectivity index (χ0v) is 19.1. The highest BCUT2D eigenvalue weighted by Crippen LogP contribution is 2.51. The lowest BCUT2D eigenvalue weighted by molar-refractivity contribution is 0.589. The number of halogens is 2. The molecule has 0 N–H and O–H groups in total. The highest BCUT2D eigenvalue weighted by molar-refractivity contribution is 9.09. The Morgan fingerprint density at radius 2 is 1.48 bits per heavy atom. The Morgan fingerprint density at radius 3 is 2.04 bits per heavy atom.